The summed E-state index contributed by atoms with van der Waals surface area (Å²) in [5, 5.41) is 1.02. The van der Waals surface area contributed by atoms with Crippen LogP contribution in [0.25, 0.3) is 22.2 Å². The van der Waals surface area contributed by atoms with Gasteiger partial charge in [0.05, 0.1) is 17.8 Å². The summed E-state index contributed by atoms with van der Waals surface area (Å²) in [5.41, 5.74) is 3.91. The zero-order valence-corrected chi connectivity index (χ0v) is 17.4. The van der Waals surface area contributed by atoms with Crippen molar-refractivity contribution in [2.45, 2.75) is 25.9 Å². The van der Waals surface area contributed by atoms with Gasteiger partial charge in [0.1, 0.15) is 12.4 Å². The van der Waals surface area contributed by atoms with E-state index >= 15 is 0 Å². The standard InChI is InChI=1S/C24H29FN2O2/c1-4-5-14-28-17-22(16-25)29-21-12-8-19-9-13-23(26-24(19)15-21)18-6-10-20(11-7-18)27(2)3/h6-13,15,22H,4-5,14,16-17H2,1-3H3. The van der Waals surface area contributed by atoms with E-state index < -0.39 is 12.8 Å². The van der Waals surface area contributed by atoms with Gasteiger partial charge in [0.2, 0.25) is 0 Å². The number of rotatable bonds is 10. The Morgan fingerprint density at radius 1 is 1.03 bits per heavy atom. The fourth-order valence-electron chi connectivity index (χ4n) is 3.03. The van der Waals surface area contributed by atoms with Crippen molar-refractivity contribution in [1.82, 2.24) is 4.98 Å². The molecule has 0 amide bonds. The lowest BCUT2D eigenvalue weighted by atomic mass is 10.1. The van der Waals surface area contributed by atoms with Crippen LogP contribution in [0.4, 0.5) is 10.1 Å². The molecular weight excluding hydrogens is 367 g/mol. The quantitative estimate of drug-likeness (QED) is 0.424. The highest BCUT2D eigenvalue weighted by Crippen LogP contribution is 2.26. The number of hydrogen-bond donors (Lipinski definition) is 0. The third-order valence-electron chi connectivity index (χ3n) is 4.76. The van der Waals surface area contributed by atoms with Gasteiger partial charge < -0.3 is 14.4 Å². The van der Waals surface area contributed by atoms with Crippen molar-refractivity contribution in [3.63, 3.8) is 0 Å². The van der Waals surface area contributed by atoms with Crippen molar-refractivity contribution in [2.24, 2.45) is 0 Å². The number of fused-ring (bicyclic) bond motifs is 1. The Labute approximate surface area is 172 Å². The summed E-state index contributed by atoms with van der Waals surface area (Å²) in [7, 11) is 4.04. The third kappa shape index (κ3) is 5.67. The highest BCUT2D eigenvalue weighted by atomic mass is 19.1. The number of unbranched alkanes of at least 4 members (excludes halogenated alkanes) is 1. The average molecular weight is 397 g/mol. The molecule has 0 bridgehead atoms. The Morgan fingerprint density at radius 3 is 2.48 bits per heavy atom. The second-order valence-corrected chi connectivity index (χ2v) is 7.31. The number of nitrogens with zero attached hydrogens (tertiary/aromatic N) is 2. The predicted octanol–water partition coefficient (Wildman–Crippen LogP) is 5.50. The summed E-state index contributed by atoms with van der Waals surface area (Å²) in [6, 6.07) is 18.0. The topological polar surface area (TPSA) is 34.6 Å². The summed E-state index contributed by atoms with van der Waals surface area (Å²) in [6.07, 6.45) is 1.42. The van der Waals surface area contributed by atoms with Gasteiger partial charge in [-0.2, -0.15) is 0 Å². The Kier molecular flexibility index (Phi) is 7.42. The van der Waals surface area contributed by atoms with Gasteiger partial charge in [-0.05, 0) is 36.8 Å². The predicted molar refractivity (Wildman–Crippen MR) is 118 cm³/mol. The molecule has 154 valence electrons. The maximum absolute atomic E-state index is 13.3. The molecule has 4 nitrogen and oxygen atoms in total. The van der Waals surface area contributed by atoms with Crippen LogP contribution in [0.5, 0.6) is 5.75 Å². The minimum Gasteiger partial charge on any atom is -0.485 e. The van der Waals surface area contributed by atoms with Crippen LogP contribution in [0.2, 0.25) is 0 Å². The maximum Gasteiger partial charge on any atom is 0.150 e. The number of pyridine rings is 1. The second-order valence-electron chi connectivity index (χ2n) is 7.31. The van der Waals surface area contributed by atoms with E-state index in [0.29, 0.717) is 12.4 Å². The summed E-state index contributed by atoms with van der Waals surface area (Å²) in [5.74, 6) is 0.604. The van der Waals surface area contributed by atoms with Crippen molar-refractivity contribution in [2.75, 3.05) is 38.9 Å². The zero-order chi connectivity index (χ0) is 20.6. The van der Waals surface area contributed by atoms with E-state index in [9.17, 15) is 4.39 Å². The third-order valence-corrected chi connectivity index (χ3v) is 4.76. The van der Waals surface area contributed by atoms with Crippen molar-refractivity contribution in [3.8, 4) is 17.0 Å². The molecule has 0 saturated carbocycles. The number of alkyl halides is 1. The fourth-order valence-corrected chi connectivity index (χ4v) is 3.03. The molecule has 2 aromatic carbocycles. The Morgan fingerprint density at radius 2 is 1.79 bits per heavy atom. The molecule has 3 rings (SSSR count). The molecule has 0 aliphatic rings. The van der Waals surface area contributed by atoms with E-state index in [-0.39, 0.29) is 6.61 Å². The van der Waals surface area contributed by atoms with Crippen molar-refractivity contribution >= 4 is 16.6 Å². The van der Waals surface area contributed by atoms with Gasteiger partial charge in [0.15, 0.2) is 6.10 Å². The van der Waals surface area contributed by atoms with Crippen LogP contribution in [0.1, 0.15) is 19.8 Å². The first-order chi connectivity index (χ1) is 14.1. The van der Waals surface area contributed by atoms with Crippen LogP contribution < -0.4 is 9.64 Å². The highest BCUT2D eigenvalue weighted by molar-refractivity contribution is 5.83. The summed E-state index contributed by atoms with van der Waals surface area (Å²) in [6.45, 7) is 2.39. The number of halogens is 1. The lowest BCUT2D eigenvalue weighted by molar-refractivity contribution is 0.0367. The molecule has 0 radical (unpaired) electrons. The van der Waals surface area contributed by atoms with Crippen molar-refractivity contribution in [1.29, 1.82) is 0 Å². The van der Waals surface area contributed by atoms with Crippen LogP contribution in [0.15, 0.2) is 54.6 Å². The molecule has 1 aromatic heterocycles. The molecule has 0 saturated heterocycles. The molecule has 5 heteroatoms. The first-order valence-corrected chi connectivity index (χ1v) is 10.1. The maximum atomic E-state index is 13.3. The normalized spacial score (nSPS) is 12.1. The molecule has 0 aliphatic carbocycles. The van der Waals surface area contributed by atoms with Gasteiger partial charge in [0.25, 0.3) is 0 Å². The molecule has 29 heavy (non-hydrogen) atoms. The smallest absolute Gasteiger partial charge is 0.150 e. The minimum atomic E-state index is -0.605. The Balaban J connectivity index is 1.76. The number of anilines is 1. The minimum absolute atomic E-state index is 0.250. The molecule has 0 N–H and O–H groups in total. The van der Waals surface area contributed by atoms with E-state index in [1.54, 1.807) is 0 Å². The molecule has 0 fully saturated rings. The van der Waals surface area contributed by atoms with Gasteiger partial charge in [-0.15, -0.1) is 0 Å². The zero-order valence-electron chi connectivity index (χ0n) is 17.4. The van der Waals surface area contributed by atoms with Crippen LogP contribution in [0.3, 0.4) is 0 Å². The first kappa shape index (κ1) is 21.1. The molecule has 3 aromatic rings. The molecule has 1 heterocycles. The molecule has 0 spiro atoms. The summed E-state index contributed by atoms with van der Waals surface area (Å²) >= 11 is 0. The van der Waals surface area contributed by atoms with Gasteiger partial charge in [-0.1, -0.05) is 31.5 Å². The monoisotopic (exact) mass is 396 g/mol. The van der Waals surface area contributed by atoms with Crippen LogP contribution in [-0.2, 0) is 4.74 Å². The van der Waals surface area contributed by atoms with Crippen LogP contribution >= 0.6 is 0 Å². The van der Waals surface area contributed by atoms with Gasteiger partial charge in [-0.3, -0.25) is 0 Å². The highest BCUT2D eigenvalue weighted by Gasteiger charge is 2.12. The first-order valence-electron chi connectivity index (χ1n) is 10.1. The number of hydrogen-bond acceptors (Lipinski definition) is 4. The number of aromatic nitrogens is 1. The Bertz CT molecular complexity index is 912. The lowest BCUT2D eigenvalue weighted by Gasteiger charge is -2.16. The van der Waals surface area contributed by atoms with E-state index in [0.717, 1.165) is 40.7 Å². The van der Waals surface area contributed by atoms with E-state index in [1.165, 1.54) is 0 Å². The van der Waals surface area contributed by atoms with E-state index in [1.807, 2.05) is 44.4 Å². The Hall–Kier alpha value is -2.66. The SMILES string of the molecule is CCCCOCC(CF)Oc1ccc2ccc(-c3ccc(N(C)C)cc3)nc2c1. The van der Waals surface area contributed by atoms with Crippen LogP contribution in [-0.4, -0.2) is 45.1 Å². The average Bonchev–Trinajstić information content (AvgIpc) is 2.75. The molecule has 1 unspecified atom stereocenters. The molecular formula is C24H29FN2O2. The fraction of sp³-hybridized carbons (Fsp3) is 0.375. The van der Waals surface area contributed by atoms with Gasteiger partial charge >= 0.3 is 0 Å². The lowest BCUT2D eigenvalue weighted by Crippen LogP contribution is -2.25. The van der Waals surface area contributed by atoms with E-state index in [2.05, 4.69) is 36.1 Å². The van der Waals surface area contributed by atoms with E-state index in [4.69, 9.17) is 14.5 Å². The second kappa shape index (κ2) is 10.2. The largest absolute Gasteiger partial charge is 0.485 e. The number of ether oxygens (including phenoxy) is 2. The van der Waals surface area contributed by atoms with Crippen molar-refractivity contribution in [3.05, 3.63) is 54.6 Å². The summed E-state index contributed by atoms with van der Waals surface area (Å²) < 4.78 is 24.6. The van der Waals surface area contributed by atoms with Crippen molar-refractivity contribution < 1.29 is 13.9 Å². The van der Waals surface area contributed by atoms with Gasteiger partial charge in [0, 0.05) is 43.4 Å². The number of benzene rings is 2. The van der Waals surface area contributed by atoms with Gasteiger partial charge in [-0.25, -0.2) is 9.37 Å². The van der Waals surface area contributed by atoms with Crippen LogP contribution in [0, 0.1) is 0 Å². The molecule has 0 aliphatic heterocycles. The molecule has 1 atom stereocenters. The summed E-state index contributed by atoms with van der Waals surface area (Å²) in [4.78, 5) is 6.85.